The molecule has 0 unspecified atom stereocenters. The fourth-order valence-electron chi connectivity index (χ4n) is 3.22. The Kier molecular flexibility index (Phi) is 9.19. The SMILES string of the molecule is CCCCCCCCCc1ccccc1C(=O)NS(=O)(=O)c1ccc(OC)cc1. The summed E-state index contributed by atoms with van der Waals surface area (Å²) in [5.41, 5.74) is 1.29. The summed E-state index contributed by atoms with van der Waals surface area (Å²) < 4.78 is 32.3. The lowest BCUT2D eigenvalue weighted by molar-refractivity contribution is 0.0980. The van der Waals surface area contributed by atoms with Crippen LogP contribution >= 0.6 is 0 Å². The van der Waals surface area contributed by atoms with Crippen LogP contribution in [0.25, 0.3) is 0 Å². The van der Waals surface area contributed by atoms with Gasteiger partial charge in [0.05, 0.1) is 12.0 Å². The van der Waals surface area contributed by atoms with E-state index in [-0.39, 0.29) is 4.90 Å². The normalized spacial score (nSPS) is 11.2. The summed E-state index contributed by atoms with van der Waals surface area (Å²) in [5, 5.41) is 0. The van der Waals surface area contributed by atoms with Crippen molar-refractivity contribution in [3.8, 4) is 5.75 Å². The minimum Gasteiger partial charge on any atom is -0.497 e. The molecule has 2 aromatic carbocycles. The Balaban J connectivity index is 1.97. The lowest BCUT2D eigenvalue weighted by Crippen LogP contribution is -2.31. The van der Waals surface area contributed by atoms with Crippen molar-refractivity contribution in [1.82, 2.24) is 4.72 Å². The number of methoxy groups -OCH3 is 1. The van der Waals surface area contributed by atoms with Crippen molar-refractivity contribution in [2.75, 3.05) is 7.11 Å². The Morgan fingerprint density at radius 3 is 2.17 bits per heavy atom. The molecule has 0 bridgehead atoms. The van der Waals surface area contributed by atoms with Crippen molar-refractivity contribution in [3.05, 3.63) is 59.7 Å². The molecule has 0 saturated carbocycles. The summed E-state index contributed by atoms with van der Waals surface area (Å²) >= 11 is 0. The van der Waals surface area contributed by atoms with Crippen LogP contribution in [0.2, 0.25) is 0 Å². The molecule has 0 atom stereocenters. The van der Waals surface area contributed by atoms with Gasteiger partial charge in [0, 0.05) is 5.56 Å². The maximum absolute atomic E-state index is 12.7. The van der Waals surface area contributed by atoms with Crippen molar-refractivity contribution in [2.24, 2.45) is 0 Å². The standard InChI is InChI=1S/C23H31NO4S/c1-3-4-5-6-7-8-9-12-19-13-10-11-14-22(19)23(25)24-29(26,27)21-17-15-20(28-2)16-18-21/h10-11,13-18H,3-9,12H2,1-2H3,(H,24,25). The fraction of sp³-hybridized carbons (Fsp3) is 0.435. The Bertz CT molecular complexity index is 876. The number of aryl methyl sites for hydroxylation is 1. The van der Waals surface area contributed by atoms with Crippen LogP contribution in [0, 0.1) is 0 Å². The van der Waals surface area contributed by atoms with E-state index >= 15 is 0 Å². The molecule has 29 heavy (non-hydrogen) atoms. The molecule has 1 N–H and O–H groups in total. The van der Waals surface area contributed by atoms with Gasteiger partial charge in [-0.3, -0.25) is 4.79 Å². The highest BCUT2D eigenvalue weighted by Crippen LogP contribution is 2.18. The lowest BCUT2D eigenvalue weighted by Gasteiger charge is -2.11. The smallest absolute Gasteiger partial charge is 0.265 e. The summed E-state index contributed by atoms with van der Waals surface area (Å²) in [4.78, 5) is 12.7. The minimum absolute atomic E-state index is 0.0243. The summed E-state index contributed by atoms with van der Waals surface area (Å²) in [5.74, 6) is -0.0466. The fourth-order valence-corrected chi connectivity index (χ4v) is 4.19. The molecular formula is C23H31NO4S. The minimum atomic E-state index is -3.94. The van der Waals surface area contributed by atoms with Crippen molar-refractivity contribution >= 4 is 15.9 Å². The number of amides is 1. The second-order valence-electron chi connectivity index (χ2n) is 7.14. The Labute approximate surface area is 174 Å². The molecule has 0 aliphatic carbocycles. The van der Waals surface area contributed by atoms with Crippen LogP contribution in [0.1, 0.15) is 67.8 Å². The van der Waals surface area contributed by atoms with Gasteiger partial charge < -0.3 is 4.74 Å². The maximum Gasteiger partial charge on any atom is 0.265 e. The highest BCUT2D eigenvalue weighted by Gasteiger charge is 2.20. The zero-order valence-corrected chi connectivity index (χ0v) is 18.1. The third-order valence-electron chi connectivity index (χ3n) is 4.91. The second-order valence-corrected chi connectivity index (χ2v) is 8.82. The Morgan fingerprint density at radius 2 is 1.52 bits per heavy atom. The quantitative estimate of drug-likeness (QED) is 0.487. The van der Waals surface area contributed by atoms with E-state index in [0.717, 1.165) is 24.8 Å². The summed E-state index contributed by atoms with van der Waals surface area (Å²) in [6, 6.07) is 13.1. The van der Waals surface area contributed by atoms with E-state index in [1.165, 1.54) is 51.3 Å². The van der Waals surface area contributed by atoms with Crippen LogP contribution in [-0.4, -0.2) is 21.4 Å². The Hall–Kier alpha value is -2.34. The number of sulfonamides is 1. The number of hydrogen-bond donors (Lipinski definition) is 1. The predicted octanol–water partition coefficient (Wildman–Crippen LogP) is 5.11. The van der Waals surface area contributed by atoms with Crippen molar-refractivity contribution in [3.63, 3.8) is 0 Å². The molecular weight excluding hydrogens is 386 g/mol. The molecule has 0 fully saturated rings. The molecule has 0 radical (unpaired) electrons. The number of carbonyl (C=O) groups excluding carboxylic acids is 1. The predicted molar refractivity (Wildman–Crippen MR) is 116 cm³/mol. The first-order valence-electron chi connectivity index (χ1n) is 10.3. The van der Waals surface area contributed by atoms with Crippen LogP contribution in [0.15, 0.2) is 53.4 Å². The van der Waals surface area contributed by atoms with Gasteiger partial charge in [-0.1, -0.05) is 63.6 Å². The van der Waals surface area contributed by atoms with Crippen LogP contribution in [-0.2, 0) is 16.4 Å². The van der Waals surface area contributed by atoms with Gasteiger partial charge in [0.25, 0.3) is 15.9 Å². The summed E-state index contributed by atoms with van der Waals surface area (Å²) in [7, 11) is -2.44. The summed E-state index contributed by atoms with van der Waals surface area (Å²) in [6.45, 7) is 2.21. The molecule has 0 aliphatic heterocycles. The zero-order chi connectivity index (χ0) is 21.1. The van der Waals surface area contributed by atoms with E-state index in [4.69, 9.17) is 4.74 Å². The number of unbranched alkanes of at least 4 members (excludes halogenated alkanes) is 6. The molecule has 5 nitrogen and oxygen atoms in total. The van der Waals surface area contributed by atoms with Crippen molar-refractivity contribution in [1.29, 1.82) is 0 Å². The molecule has 0 aliphatic rings. The lowest BCUT2D eigenvalue weighted by atomic mass is 10.00. The molecule has 0 aromatic heterocycles. The van der Waals surface area contributed by atoms with E-state index in [0.29, 0.717) is 11.3 Å². The van der Waals surface area contributed by atoms with Gasteiger partial charge >= 0.3 is 0 Å². The van der Waals surface area contributed by atoms with Gasteiger partial charge in [-0.25, -0.2) is 13.1 Å². The van der Waals surface area contributed by atoms with E-state index in [2.05, 4.69) is 11.6 Å². The average Bonchev–Trinajstić information content (AvgIpc) is 2.73. The number of hydrogen-bond acceptors (Lipinski definition) is 4. The maximum atomic E-state index is 12.7. The van der Waals surface area contributed by atoms with Crippen LogP contribution in [0.4, 0.5) is 0 Å². The molecule has 0 saturated heterocycles. The monoisotopic (exact) mass is 417 g/mol. The Morgan fingerprint density at radius 1 is 0.897 bits per heavy atom. The third-order valence-corrected chi connectivity index (χ3v) is 6.26. The van der Waals surface area contributed by atoms with E-state index in [9.17, 15) is 13.2 Å². The van der Waals surface area contributed by atoms with E-state index < -0.39 is 15.9 Å². The molecule has 2 rings (SSSR count). The molecule has 0 spiro atoms. The number of nitrogens with one attached hydrogen (secondary N) is 1. The first kappa shape index (κ1) is 22.9. The number of carbonyl (C=O) groups is 1. The van der Waals surface area contributed by atoms with E-state index in [1.54, 1.807) is 24.3 Å². The van der Waals surface area contributed by atoms with Gasteiger partial charge in [-0.2, -0.15) is 0 Å². The van der Waals surface area contributed by atoms with Gasteiger partial charge in [0.15, 0.2) is 0 Å². The van der Waals surface area contributed by atoms with Gasteiger partial charge in [-0.15, -0.1) is 0 Å². The van der Waals surface area contributed by atoms with E-state index in [1.807, 2.05) is 12.1 Å². The number of rotatable bonds is 12. The number of ether oxygens (including phenoxy) is 1. The highest BCUT2D eigenvalue weighted by atomic mass is 32.2. The second kappa shape index (κ2) is 11.6. The first-order chi connectivity index (χ1) is 14.0. The van der Waals surface area contributed by atoms with Crippen LogP contribution in [0.3, 0.4) is 0 Å². The largest absolute Gasteiger partial charge is 0.497 e. The van der Waals surface area contributed by atoms with Gasteiger partial charge in [0.2, 0.25) is 0 Å². The molecule has 158 valence electrons. The molecule has 6 heteroatoms. The van der Waals surface area contributed by atoms with Crippen molar-refractivity contribution < 1.29 is 17.9 Å². The topological polar surface area (TPSA) is 72.5 Å². The summed E-state index contributed by atoms with van der Waals surface area (Å²) in [6.07, 6.45) is 9.11. The highest BCUT2D eigenvalue weighted by molar-refractivity contribution is 7.90. The molecule has 1 amide bonds. The number of benzene rings is 2. The first-order valence-corrected chi connectivity index (χ1v) is 11.8. The zero-order valence-electron chi connectivity index (χ0n) is 17.3. The van der Waals surface area contributed by atoms with Gasteiger partial charge in [-0.05, 0) is 48.7 Å². The van der Waals surface area contributed by atoms with Crippen LogP contribution < -0.4 is 9.46 Å². The molecule has 0 heterocycles. The van der Waals surface area contributed by atoms with Crippen LogP contribution in [0.5, 0.6) is 5.75 Å². The van der Waals surface area contributed by atoms with Crippen molar-refractivity contribution in [2.45, 2.75) is 63.2 Å². The molecule has 2 aromatic rings. The van der Waals surface area contributed by atoms with Gasteiger partial charge in [0.1, 0.15) is 5.75 Å². The average molecular weight is 418 g/mol. The third kappa shape index (κ3) is 7.20.